The Labute approximate surface area is 220 Å². The minimum Gasteiger partial charge on any atom is -0.473 e. The van der Waals surface area contributed by atoms with E-state index in [0.717, 1.165) is 5.56 Å². The van der Waals surface area contributed by atoms with E-state index in [9.17, 15) is 20.1 Å². The van der Waals surface area contributed by atoms with Crippen LogP contribution in [0.1, 0.15) is 30.5 Å². The molecule has 2 aromatic carbocycles. The van der Waals surface area contributed by atoms with Crippen molar-refractivity contribution in [2.24, 2.45) is 5.92 Å². The van der Waals surface area contributed by atoms with Crippen molar-refractivity contribution in [2.75, 3.05) is 18.9 Å². The average molecular weight is 514 g/mol. The number of alkyl carbamates (subject to hydrolysis) is 1. The molecule has 0 saturated carbocycles. The predicted molar refractivity (Wildman–Crippen MR) is 138 cm³/mol. The number of rotatable bonds is 10. The van der Waals surface area contributed by atoms with Gasteiger partial charge in [-0.2, -0.15) is 15.5 Å². The number of benzene rings is 2. The van der Waals surface area contributed by atoms with E-state index in [1.807, 2.05) is 42.5 Å². The van der Waals surface area contributed by atoms with Gasteiger partial charge < -0.3 is 25.3 Å². The SMILES string of the molecule is CC(C)[C@H](NC(=O)OCc1ccccc1)C(=O)OCCOc1nc(N)c(C#N)c(-c2ccccc2)c1C#N. The molecular weight excluding hydrogens is 486 g/mol. The van der Waals surface area contributed by atoms with Crippen LogP contribution in [0.5, 0.6) is 5.88 Å². The van der Waals surface area contributed by atoms with Gasteiger partial charge in [0.15, 0.2) is 0 Å². The molecule has 0 aliphatic heterocycles. The summed E-state index contributed by atoms with van der Waals surface area (Å²) < 4.78 is 16.1. The lowest BCUT2D eigenvalue weighted by Gasteiger charge is -2.20. The first-order valence-electron chi connectivity index (χ1n) is 11.8. The van der Waals surface area contributed by atoms with Crippen LogP contribution in [0.25, 0.3) is 11.1 Å². The van der Waals surface area contributed by atoms with Gasteiger partial charge >= 0.3 is 12.1 Å². The number of carbonyl (C=O) groups is 2. The largest absolute Gasteiger partial charge is 0.473 e. The van der Waals surface area contributed by atoms with Crippen LogP contribution in [0.2, 0.25) is 0 Å². The Bertz CT molecular complexity index is 1350. The number of carbonyl (C=O) groups excluding carboxylic acids is 2. The summed E-state index contributed by atoms with van der Waals surface area (Å²) in [5, 5.41) is 21.9. The van der Waals surface area contributed by atoms with Crippen molar-refractivity contribution < 1.29 is 23.8 Å². The van der Waals surface area contributed by atoms with Gasteiger partial charge in [-0.25, -0.2) is 9.59 Å². The summed E-state index contributed by atoms with van der Waals surface area (Å²) >= 11 is 0. The van der Waals surface area contributed by atoms with Crippen molar-refractivity contribution in [2.45, 2.75) is 26.5 Å². The third kappa shape index (κ3) is 6.99. The molecular formula is C28H27N5O5. The number of nitrogens with one attached hydrogen (secondary N) is 1. The Morgan fingerprint density at radius 1 is 0.947 bits per heavy atom. The van der Waals surface area contributed by atoms with E-state index >= 15 is 0 Å². The van der Waals surface area contributed by atoms with E-state index in [4.69, 9.17) is 19.9 Å². The molecule has 0 radical (unpaired) electrons. The van der Waals surface area contributed by atoms with Crippen molar-refractivity contribution in [1.29, 1.82) is 10.5 Å². The van der Waals surface area contributed by atoms with Crippen LogP contribution in [0.15, 0.2) is 60.7 Å². The smallest absolute Gasteiger partial charge is 0.408 e. The standard InChI is InChI=1S/C28H27N5O5/c1-18(2)24(32-28(35)38-17-19-9-5-3-6-10-19)27(34)37-14-13-36-26-22(16-30)23(20-11-7-4-8-12-20)21(15-29)25(31)33-26/h3-12,18,24H,13-14,17H2,1-2H3,(H2,31,33)(H,32,35)/t24-/m0/s1. The average Bonchev–Trinajstić information content (AvgIpc) is 2.93. The molecule has 1 amide bonds. The minimum atomic E-state index is -0.943. The zero-order valence-corrected chi connectivity index (χ0v) is 21.0. The fourth-order valence-corrected chi connectivity index (χ4v) is 3.56. The maximum Gasteiger partial charge on any atom is 0.408 e. The molecule has 0 fully saturated rings. The molecule has 3 rings (SSSR count). The number of pyridine rings is 1. The first-order valence-corrected chi connectivity index (χ1v) is 11.8. The molecule has 1 aromatic heterocycles. The molecule has 10 nitrogen and oxygen atoms in total. The quantitative estimate of drug-likeness (QED) is 0.302. The Balaban J connectivity index is 1.61. The molecule has 1 heterocycles. The molecule has 0 aliphatic carbocycles. The fraction of sp³-hybridized carbons (Fsp3) is 0.250. The zero-order valence-electron chi connectivity index (χ0n) is 21.0. The number of nitrogen functional groups attached to an aromatic ring is 1. The van der Waals surface area contributed by atoms with Crippen LogP contribution in [0, 0.1) is 28.6 Å². The predicted octanol–water partition coefficient (Wildman–Crippen LogP) is 3.95. The van der Waals surface area contributed by atoms with Gasteiger partial charge in [0.2, 0.25) is 5.88 Å². The number of hydrogen-bond donors (Lipinski definition) is 2. The maximum atomic E-state index is 12.6. The van der Waals surface area contributed by atoms with Crippen molar-refractivity contribution in [3.8, 4) is 29.1 Å². The Morgan fingerprint density at radius 2 is 1.58 bits per heavy atom. The highest BCUT2D eigenvalue weighted by Crippen LogP contribution is 2.34. The molecule has 1 atom stereocenters. The number of ether oxygens (including phenoxy) is 3. The lowest BCUT2D eigenvalue weighted by atomic mass is 9.96. The number of nitriles is 2. The van der Waals surface area contributed by atoms with Crippen LogP contribution < -0.4 is 15.8 Å². The van der Waals surface area contributed by atoms with Crippen molar-refractivity contribution >= 4 is 17.9 Å². The van der Waals surface area contributed by atoms with Crippen LogP contribution >= 0.6 is 0 Å². The Hall–Kier alpha value is -5.09. The Kier molecular flexibility index (Phi) is 9.61. The number of anilines is 1. The van der Waals surface area contributed by atoms with Gasteiger partial charge in [0.05, 0.1) is 0 Å². The maximum absolute atomic E-state index is 12.6. The normalized spacial score (nSPS) is 11.1. The van der Waals surface area contributed by atoms with Gasteiger partial charge in [-0.15, -0.1) is 0 Å². The van der Waals surface area contributed by atoms with Gasteiger partial charge in [0.1, 0.15) is 54.9 Å². The number of hydrogen-bond acceptors (Lipinski definition) is 9. The second kappa shape index (κ2) is 13.3. The van der Waals surface area contributed by atoms with E-state index in [1.165, 1.54) is 0 Å². The van der Waals surface area contributed by atoms with Gasteiger partial charge in [-0.3, -0.25) is 0 Å². The highest BCUT2D eigenvalue weighted by molar-refractivity contribution is 5.83. The van der Waals surface area contributed by atoms with Gasteiger partial charge in [0.25, 0.3) is 0 Å². The molecule has 0 saturated heterocycles. The number of esters is 1. The van der Waals surface area contributed by atoms with E-state index < -0.39 is 18.1 Å². The molecule has 38 heavy (non-hydrogen) atoms. The Morgan fingerprint density at radius 3 is 2.18 bits per heavy atom. The highest BCUT2D eigenvalue weighted by Gasteiger charge is 2.27. The molecule has 10 heteroatoms. The number of nitrogens with zero attached hydrogens (tertiary/aromatic N) is 3. The van der Waals surface area contributed by atoms with Crippen LogP contribution in [-0.2, 0) is 20.9 Å². The number of aromatic nitrogens is 1. The van der Waals surface area contributed by atoms with Crippen LogP contribution in [0.3, 0.4) is 0 Å². The minimum absolute atomic E-state index is 0.0381. The summed E-state index contributed by atoms with van der Waals surface area (Å²) in [6.07, 6.45) is -0.745. The first kappa shape index (κ1) is 27.5. The van der Waals surface area contributed by atoms with E-state index in [1.54, 1.807) is 44.2 Å². The third-order valence-electron chi connectivity index (χ3n) is 5.45. The van der Waals surface area contributed by atoms with Gasteiger partial charge in [-0.05, 0) is 17.0 Å². The lowest BCUT2D eigenvalue weighted by Crippen LogP contribution is -2.45. The van der Waals surface area contributed by atoms with E-state index in [2.05, 4.69) is 10.3 Å². The van der Waals surface area contributed by atoms with Crippen LogP contribution in [-0.4, -0.2) is 36.3 Å². The third-order valence-corrected chi connectivity index (χ3v) is 5.45. The van der Waals surface area contributed by atoms with Gasteiger partial charge in [0, 0.05) is 5.56 Å². The molecule has 0 bridgehead atoms. The van der Waals surface area contributed by atoms with Crippen molar-refractivity contribution in [3.63, 3.8) is 0 Å². The summed E-state index contributed by atoms with van der Waals surface area (Å²) in [5.41, 5.74) is 7.80. The van der Waals surface area contributed by atoms with E-state index in [-0.39, 0.29) is 48.6 Å². The molecule has 0 spiro atoms. The lowest BCUT2D eigenvalue weighted by molar-refractivity contribution is -0.148. The van der Waals surface area contributed by atoms with E-state index in [0.29, 0.717) is 11.1 Å². The number of amides is 1. The fourth-order valence-electron chi connectivity index (χ4n) is 3.56. The molecule has 3 aromatic rings. The molecule has 0 unspecified atom stereocenters. The molecule has 0 aliphatic rings. The highest BCUT2D eigenvalue weighted by atomic mass is 16.6. The summed E-state index contributed by atoms with van der Waals surface area (Å²) in [6, 6.07) is 21.1. The van der Waals surface area contributed by atoms with Crippen LogP contribution in [0.4, 0.5) is 10.6 Å². The monoisotopic (exact) mass is 513 g/mol. The molecule has 3 N–H and O–H groups in total. The second-order valence-electron chi connectivity index (χ2n) is 8.46. The topological polar surface area (TPSA) is 160 Å². The second-order valence-corrected chi connectivity index (χ2v) is 8.46. The summed E-state index contributed by atoms with van der Waals surface area (Å²) in [7, 11) is 0. The molecule has 194 valence electrons. The summed E-state index contributed by atoms with van der Waals surface area (Å²) in [4.78, 5) is 28.9. The number of nitrogens with two attached hydrogens (primary N) is 1. The summed E-state index contributed by atoms with van der Waals surface area (Å²) in [6.45, 7) is 3.25. The van der Waals surface area contributed by atoms with Gasteiger partial charge in [-0.1, -0.05) is 74.5 Å². The summed E-state index contributed by atoms with van der Waals surface area (Å²) in [5.74, 6) is -1.11. The van der Waals surface area contributed by atoms with Crippen molar-refractivity contribution in [3.05, 3.63) is 77.4 Å². The first-order chi connectivity index (χ1) is 18.3. The van der Waals surface area contributed by atoms with Crippen molar-refractivity contribution in [1.82, 2.24) is 10.3 Å². The zero-order chi connectivity index (χ0) is 27.5.